The molecule has 4 rings (SSSR count). The predicted molar refractivity (Wildman–Crippen MR) is 129 cm³/mol. The van der Waals surface area contributed by atoms with Gasteiger partial charge in [0.25, 0.3) is 5.56 Å². The van der Waals surface area contributed by atoms with Gasteiger partial charge in [0.05, 0.1) is 29.3 Å². The molecular formula is C25H28N6O2. The van der Waals surface area contributed by atoms with Gasteiger partial charge in [-0.1, -0.05) is 36.4 Å². The zero-order valence-corrected chi connectivity index (χ0v) is 19.3. The molecule has 2 heterocycles. The van der Waals surface area contributed by atoms with Crippen molar-refractivity contribution in [3.8, 4) is 11.4 Å². The van der Waals surface area contributed by atoms with Gasteiger partial charge in [0.1, 0.15) is 5.69 Å². The molecule has 1 N–H and O–H groups in total. The minimum atomic E-state index is -0.450. The number of carbonyl (C=O) groups excluding carboxylic acids is 1. The highest BCUT2D eigenvalue weighted by Gasteiger charge is 2.23. The molecule has 2 aromatic carbocycles. The fraction of sp³-hybridized carbons (Fsp3) is 0.240. The number of nitrogens with one attached hydrogen (secondary N) is 1. The number of carbonyl (C=O) groups is 1. The molecule has 4 aromatic rings. The lowest BCUT2D eigenvalue weighted by molar-refractivity contribution is -0.120. The van der Waals surface area contributed by atoms with E-state index in [4.69, 9.17) is 0 Å². The fourth-order valence-corrected chi connectivity index (χ4v) is 3.73. The molecule has 1 amide bonds. The van der Waals surface area contributed by atoms with E-state index in [9.17, 15) is 9.59 Å². The third kappa shape index (κ3) is 4.51. The monoisotopic (exact) mass is 444 g/mol. The largest absolute Gasteiger partial charge is 0.319 e. The van der Waals surface area contributed by atoms with Crippen molar-refractivity contribution in [2.75, 3.05) is 12.4 Å². The molecule has 170 valence electrons. The first-order chi connectivity index (χ1) is 15.9. The lowest BCUT2D eigenvalue weighted by Crippen LogP contribution is -2.40. The normalized spacial score (nSPS) is 12.2. The summed E-state index contributed by atoms with van der Waals surface area (Å²) in [7, 11) is 3.68. The van der Waals surface area contributed by atoms with Crippen LogP contribution in [0.1, 0.15) is 18.2 Å². The smallest absolute Gasteiger partial charge is 0.295 e. The number of likely N-dealkylation sites (N-methyl/N-ethyl adjacent to an activating group) is 1. The van der Waals surface area contributed by atoms with Crippen LogP contribution in [0.2, 0.25) is 0 Å². The molecule has 0 aliphatic rings. The maximum atomic E-state index is 13.1. The van der Waals surface area contributed by atoms with Crippen molar-refractivity contribution in [2.45, 2.75) is 26.4 Å². The first-order valence-corrected chi connectivity index (χ1v) is 10.8. The van der Waals surface area contributed by atoms with Crippen LogP contribution in [0.15, 0.2) is 77.9 Å². The van der Waals surface area contributed by atoms with Gasteiger partial charge in [-0.3, -0.25) is 19.2 Å². The first kappa shape index (κ1) is 22.3. The Morgan fingerprint density at radius 1 is 1.06 bits per heavy atom. The third-order valence-electron chi connectivity index (χ3n) is 5.93. The van der Waals surface area contributed by atoms with Crippen LogP contribution in [0.25, 0.3) is 11.4 Å². The van der Waals surface area contributed by atoms with E-state index in [2.05, 4.69) is 10.4 Å². The molecule has 0 aliphatic carbocycles. The molecule has 1 unspecified atom stereocenters. The average Bonchev–Trinajstić information content (AvgIpc) is 3.38. The molecule has 0 spiro atoms. The number of anilines is 1. The molecular weight excluding hydrogens is 416 g/mol. The maximum absolute atomic E-state index is 13.1. The van der Waals surface area contributed by atoms with E-state index in [1.54, 1.807) is 22.6 Å². The second-order valence-electron chi connectivity index (χ2n) is 8.15. The molecule has 33 heavy (non-hydrogen) atoms. The van der Waals surface area contributed by atoms with E-state index in [0.29, 0.717) is 17.9 Å². The van der Waals surface area contributed by atoms with E-state index in [1.165, 1.54) is 0 Å². The second kappa shape index (κ2) is 9.30. The number of para-hydroxylation sites is 2. The molecule has 8 heteroatoms. The molecule has 0 fully saturated rings. The van der Waals surface area contributed by atoms with Crippen LogP contribution in [-0.4, -0.2) is 43.0 Å². The summed E-state index contributed by atoms with van der Waals surface area (Å²) in [5.41, 5.74) is 3.44. The van der Waals surface area contributed by atoms with Crippen LogP contribution in [-0.2, 0) is 18.4 Å². The molecule has 8 nitrogen and oxygen atoms in total. The molecule has 2 aromatic heterocycles. The summed E-state index contributed by atoms with van der Waals surface area (Å²) in [6.45, 7) is 4.19. The summed E-state index contributed by atoms with van der Waals surface area (Å²) in [5, 5.41) is 7.27. The Balaban J connectivity index is 1.47. The summed E-state index contributed by atoms with van der Waals surface area (Å²) in [5.74, 6) is -0.237. The Bertz CT molecular complexity index is 1300. The lowest BCUT2D eigenvalue weighted by atomic mass is 10.2. The van der Waals surface area contributed by atoms with Crippen molar-refractivity contribution >= 4 is 11.6 Å². The van der Waals surface area contributed by atoms with Gasteiger partial charge in [-0.25, -0.2) is 9.36 Å². The van der Waals surface area contributed by atoms with Gasteiger partial charge in [0.15, 0.2) is 0 Å². The second-order valence-corrected chi connectivity index (χ2v) is 8.15. The molecule has 0 radical (unpaired) electrons. The SMILES string of the molecule is Cc1c(NC(=O)C(C)N(C)Cc2cnn(-c3ccccc3)c2)c(=O)n(-c2ccccc2)n1C. The van der Waals surface area contributed by atoms with E-state index >= 15 is 0 Å². The summed E-state index contributed by atoms with van der Waals surface area (Å²) >= 11 is 0. The molecule has 0 saturated carbocycles. The number of amides is 1. The maximum Gasteiger partial charge on any atom is 0.295 e. The van der Waals surface area contributed by atoms with Crippen molar-refractivity contribution in [1.82, 2.24) is 24.0 Å². The first-order valence-electron chi connectivity index (χ1n) is 10.8. The van der Waals surface area contributed by atoms with Crippen LogP contribution in [0.3, 0.4) is 0 Å². The molecule has 0 bridgehead atoms. The van der Waals surface area contributed by atoms with Crippen molar-refractivity contribution in [3.05, 3.63) is 94.7 Å². The standard InChI is InChI=1S/C25H28N6O2/c1-18-23(25(33)31(29(18)4)22-13-9-6-10-14-22)27-24(32)19(2)28(3)16-20-15-26-30(17-20)21-11-7-5-8-12-21/h5-15,17,19H,16H2,1-4H3,(H,27,32). The van der Waals surface area contributed by atoms with Crippen molar-refractivity contribution < 1.29 is 4.79 Å². The summed E-state index contributed by atoms with van der Waals surface area (Å²) in [6, 6.07) is 18.8. The lowest BCUT2D eigenvalue weighted by Gasteiger charge is -2.23. The number of hydrogen-bond acceptors (Lipinski definition) is 4. The molecule has 0 saturated heterocycles. The van der Waals surface area contributed by atoms with Crippen molar-refractivity contribution in [1.29, 1.82) is 0 Å². The summed E-state index contributed by atoms with van der Waals surface area (Å²) in [6.07, 6.45) is 3.75. The van der Waals surface area contributed by atoms with Gasteiger partial charge in [-0.05, 0) is 45.2 Å². The van der Waals surface area contributed by atoms with Crippen LogP contribution in [0, 0.1) is 6.92 Å². The van der Waals surface area contributed by atoms with Crippen LogP contribution in [0.4, 0.5) is 5.69 Å². The van der Waals surface area contributed by atoms with Gasteiger partial charge in [0, 0.05) is 25.4 Å². The van der Waals surface area contributed by atoms with Crippen LogP contribution < -0.4 is 10.9 Å². The quantitative estimate of drug-likeness (QED) is 0.475. The Labute approximate surface area is 192 Å². The highest BCUT2D eigenvalue weighted by molar-refractivity contribution is 5.94. The Morgan fingerprint density at radius 3 is 2.30 bits per heavy atom. The fourth-order valence-electron chi connectivity index (χ4n) is 3.73. The predicted octanol–water partition coefficient (Wildman–Crippen LogP) is 3.13. The van der Waals surface area contributed by atoms with Gasteiger partial charge in [-0.15, -0.1) is 0 Å². The van der Waals surface area contributed by atoms with Gasteiger partial charge in [-0.2, -0.15) is 5.10 Å². The zero-order valence-electron chi connectivity index (χ0n) is 19.3. The Hall–Kier alpha value is -3.91. The van der Waals surface area contributed by atoms with E-state index < -0.39 is 6.04 Å². The highest BCUT2D eigenvalue weighted by Crippen LogP contribution is 2.16. The van der Waals surface area contributed by atoms with Gasteiger partial charge >= 0.3 is 0 Å². The van der Waals surface area contributed by atoms with Gasteiger partial charge in [0.2, 0.25) is 5.91 Å². The van der Waals surface area contributed by atoms with Crippen molar-refractivity contribution in [3.63, 3.8) is 0 Å². The number of hydrogen-bond donors (Lipinski definition) is 1. The van der Waals surface area contributed by atoms with E-state index in [1.807, 2.05) is 97.3 Å². The molecule has 0 aliphatic heterocycles. The number of rotatable bonds is 7. The summed E-state index contributed by atoms with van der Waals surface area (Å²) < 4.78 is 5.12. The Kier molecular flexibility index (Phi) is 6.28. The average molecular weight is 445 g/mol. The van der Waals surface area contributed by atoms with E-state index in [0.717, 1.165) is 16.9 Å². The minimum absolute atomic E-state index is 0.237. The van der Waals surface area contributed by atoms with Crippen LogP contribution in [0.5, 0.6) is 0 Å². The highest BCUT2D eigenvalue weighted by atomic mass is 16.2. The zero-order chi connectivity index (χ0) is 23.5. The number of aromatic nitrogens is 4. The third-order valence-corrected chi connectivity index (χ3v) is 5.93. The Morgan fingerprint density at radius 2 is 1.67 bits per heavy atom. The summed E-state index contributed by atoms with van der Waals surface area (Å²) in [4.78, 5) is 28.0. The van der Waals surface area contributed by atoms with E-state index in [-0.39, 0.29) is 11.5 Å². The number of nitrogens with zero attached hydrogens (tertiary/aromatic N) is 5. The number of benzene rings is 2. The molecule has 1 atom stereocenters. The van der Waals surface area contributed by atoms with Gasteiger partial charge < -0.3 is 5.32 Å². The topological polar surface area (TPSA) is 77.1 Å². The van der Waals surface area contributed by atoms with Crippen LogP contribution >= 0.6 is 0 Å². The minimum Gasteiger partial charge on any atom is -0.319 e. The van der Waals surface area contributed by atoms with Crippen molar-refractivity contribution in [2.24, 2.45) is 7.05 Å².